The van der Waals surface area contributed by atoms with Crippen molar-refractivity contribution in [1.29, 1.82) is 0 Å². The zero-order valence-electron chi connectivity index (χ0n) is 10.3. The van der Waals surface area contributed by atoms with E-state index in [1.165, 1.54) is 12.8 Å². The van der Waals surface area contributed by atoms with Crippen LogP contribution in [0.3, 0.4) is 0 Å². The molecular weight excluding hydrogens is 188 g/mol. The molecule has 0 heterocycles. The fraction of sp³-hybridized carbons (Fsp3) is 0.923. The van der Waals surface area contributed by atoms with E-state index in [4.69, 9.17) is 4.74 Å². The Morgan fingerprint density at radius 2 is 2.20 bits per heavy atom. The second kappa shape index (κ2) is 6.26. The van der Waals surface area contributed by atoms with Gasteiger partial charge in [0.15, 0.2) is 0 Å². The number of carbonyl (C=O) groups is 1. The monoisotopic (exact) mass is 212 g/mol. The minimum atomic E-state index is 0.218. The average molecular weight is 212 g/mol. The first-order valence-electron chi connectivity index (χ1n) is 6.19. The third-order valence-electron chi connectivity index (χ3n) is 3.59. The summed E-state index contributed by atoms with van der Waals surface area (Å²) in [7, 11) is 1.71. The normalized spacial score (nSPS) is 28.7. The summed E-state index contributed by atoms with van der Waals surface area (Å²) in [6.07, 6.45) is 6.56. The van der Waals surface area contributed by atoms with Gasteiger partial charge in [0.1, 0.15) is 5.78 Å². The lowest BCUT2D eigenvalue weighted by molar-refractivity contribution is -0.124. The summed E-state index contributed by atoms with van der Waals surface area (Å²) >= 11 is 0. The van der Waals surface area contributed by atoms with Gasteiger partial charge in [-0.05, 0) is 32.1 Å². The predicted molar refractivity (Wildman–Crippen MR) is 61.8 cm³/mol. The number of hydrogen-bond acceptors (Lipinski definition) is 2. The number of carbonyl (C=O) groups excluding carboxylic acids is 1. The first-order valence-corrected chi connectivity index (χ1v) is 6.19. The Morgan fingerprint density at radius 1 is 1.47 bits per heavy atom. The molecule has 0 aromatic heterocycles. The van der Waals surface area contributed by atoms with E-state index in [9.17, 15) is 4.79 Å². The molecule has 1 rings (SSSR count). The predicted octanol–water partition coefficient (Wildman–Crippen LogP) is 3.20. The molecule has 1 saturated carbocycles. The van der Waals surface area contributed by atoms with Crippen LogP contribution in [0, 0.1) is 11.8 Å². The Hall–Kier alpha value is -0.370. The van der Waals surface area contributed by atoms with Crippen LogP contribution < -0.4 is 0 Å². The topological polar surface area (TPSA) is 26.3 Å². The van der Waals surface area contributed by atoms with Gasteiger partial charge < -0.3 is 4.74 Å². The smallest absolute Gasteiger partial charge is 0.136 e. The Bertz CT molecular complexity index is 201. The van der Waals surface area contributed by atoms with Crippen LogP contribution in [0.5, 0.6) is 0 Å². The van der Waals surface area contributed by atoms with Gasteiger partial charge >= 0.3 is 0 Å². The fourth-order valence-corrected chi connectivity index (χ4v) is 2.39. The van der Waals surface area contributed by atoms with Crippen LogP contribution in [0.4, 0.5) is 0 Å². The highest BCUT2D eigenvalue weighted by Crippen LogP contribution is 2.30. The van der Waals surface area contributed by atoms with Crippen LogP contribution in [-0.2, 0) is 9.53 Å². The molecule has 88 valence electrons. The maximum Gasteiger partial charge on any atom is 0.136 e. The Balaban J connectivity index is 2.26. The SMILES string of the molecule is COC(C)CCC(=O)C1CCCC(C)C1. The Morgan fingerprint density at radius 3 is 2.80 bits per heavy atom. The molecule has 0 N–H and O–H groups in total. The van der Waals surface area contributed by atoms with Crippen LogP contribution in [0.15, 0.2) is 0 Å². The van der Waals surface area contributed by atoms with Gasteiger partial charge in [-0.25, -0.2) is 0 Å². The summed E-state index contributed by atoms with van der Waals surface area (Å²) in [6.45, 7) is 4.29. The van der Waals surface area contributed by atoms with Crippen molar-refractivity contribution >= 4 is 5.78 Å². The summed E-state index contributed by atoms with van der Waals surface area (Å²) in [5.41, 5.74) is 0. The summed E-state index contributed by atoms with van der Waals surface area (Å²) in [5.74, 6) is 1.55. The highest BCUT2D eigenvalue weighted by Gasteiger charge is 2.24. The molecule has 0 aromatic rings. The van der Waals surface area contributed by atoms with Crippen molar-refractivity contribution in [3.63, 3.8) is 0 Å². The maximum atomic E-state index is 11.9. The zero-order valence-corrected chi connectivity index (χ0v) is 10.3. The molecule has 0 aromatic carbocycles. The Kier molecular flexibility index (Phi) is 5.30. The van der Waals surface area contributed by atoms with Gasteiger partial charge in [0, 0.05) is 19.4 Å². The molecule has 3 unspecified atom stereocenters. The van der Waals surface area contributed by atoms with Crippen molar-refractivity contribution in [2.75, 3.05) is 7.11 Å². The van der Waals surface area contributed by atoms with E-state index in [1.807, 2.05) is 6.92 Å². The van der Waals surface area contributed by atoms with Crippen molar-refractivity contribution in [3.8, 4) is 0 Å². The molecule has 0 aliphatic heterocycles. The molecule has 15 heavy (non-hydrogen) atoms. The van der Waals surface area contributed by atoms with E-state index in [-0.39, 0.29) is 6.10 Å². The van der Waals surface area contributed by atoms with Gasteiger partial charge in [-0.15, -0.1) is 0 Å². The number of rotatable bonds is 5. The highest BCUT2D eigenvalue weighted by molar-refractivity contribution is 5.81. The van der Waals surface area contributed by atoms with Gasteiger partial charge in [-0.1, -0.05) is 19.8 Å². The van der Waals surface area contributed by atoms with Gasteiger partial charge in [-0.3, -0.25) is 4.79 Å². The van der Waals surface area contributed by atoms with Crippen molar-refractivity contribution in [1.82, 2.24) is 0 Å². The summed E-state index contributed by atoms with van der Waals surface area (Å²) in [5, 5.41) is 0. The number of ether oxygens (including phenoxy) is 1. The molecule has 0 bridgehead atoms. The third kappa shape index (κ3) is 4.33. The van der Waals surface area contributed by atoms with Gasteiger partial charge in [0.25, 0.3) is 0 Å². The molecule has 0 radical (unpaired) electrons. The van der Waals surface area contributed by atoms with E-state index >= 15 is 0 Å². The molecule has 1 aliphatic rings. The molecule has 2 heteroatoms. The van der Waals surface area contributed by atoms with Crippen LogP contribution >= 0.6 is 0 Å². The fourth-order valence-electron chi connectivity index (χ4n) is 2.39. The molecule has 0 spiro atoms. The summed E-state index contributed by atoms with van der Waals surface area (Å²) in [4.78, 5) is 11.9. The van der Waals surface area contributed by atoms with Crippen LogP contribution in [-0.4, -0.2) is 19.0 Å². The van der Waals surface area contributed by atoms with Gasteiger partial charge in [0.2, 0.25) is 0 Å². The Labute approximate surface area is 93.4 Å². The molecule has 0 amide bonds. The van der Waals surface area contributed by atoms with E-state index < -0.39 is 0 Å². The average Bonchev–Trinajstić information content (AvgIpc) is 2.25. The molecule has 2 nitrogen and oxygen atoms in total. The highest BCUT2D eigenvalue weighted by atomic mass is 16.5. The van der Waals surface area contributed by atoms with Crippen molar-refractivity contribution in [2.45, 2.75) is 58.5 Å². The molecule has 1 fully saturated rings. The number of Topliss-reactive ketones (excluding diaryl/α,β-unsaturated/α-hetero) is 1. The van der Waals surface area contributed by atoms with Crippen molar-refractivity contribution in [3.05, 3.63) is 0 Å². The first-order chi connectivity index (χ1) is 7.13. The summed E-state index contributed by atoms with van der Waals surface area (Å²) < 4.78 is 5.16. The van der Waals surface area contributed by atoms with Crippen LogP contribution in [0.25, 0.3) is 0 Å². The van der Waals surface area contributed by atoms with Gasteiger partial charge in [0.05, 0.1) is 6.10 Å². The lowest BCUT2D eigenvalue weighted by atomic mass is 9.79. The van der Waals surface area contributed by atoms with E-state index in [1.54, 1.807) is 7.11 Å². The quantitative estimate of drug-likeness (QED) is 0.699. The van der Waals surface area contributed by atoms with Crippen LogP contribution in [0.2, 0.25) is 0 Å². The van der Waals surface area contributed by atoms with Gasteiger partial charge in [-0.2, -0.15) is 0 Å². The number of methoxy groups -OCH3 is 1. The minimum absolute atomic E-state index is 0.218. The zero-order chi connectivity index (χ0) is 11.3. The summed E-state index contributed by atoms with van der Waals surface area (Å²) in [6, 6.07) is 0. The van der Waals surface area contributed by atoms with E-state index in [0.29, 0.717) is 18.1 Å². The van der Waals surface area contributed by atoms with E-state index in [2.05, 4.69) is 6.92 Å². The lowest BCUT2D eigenvalue weighted by Gasteiger charge is -2.25. The maximum absolute atomic E-state index is 11.9. The second-order valence-corrected chi connectivity index (χ2v) is 5.02. The van der Waals surface area contributed by atoms with Crippen molar-refractivity contribution < 1.29 is 9.53 Å². The molecule has 3 atom stereocenters. The first kappa shape index (κ1) is 12.7. The second-order valence-electron chi connectivity index (χ2n) is 5.02. The third-order valence-corrected chi connectivity index (χ3v) is 3.59. The molecule has 0 saturated heterocycles. The molecular formula is C13H24O2. The lowest BCUT2D eigenvalue weighted by Crippen LogP contribution is -2.22. The number of ketones is 1. The number of hydrogen-bond donors (Lipinski definition) is 0. The largest absolute Gasteiger partial charge is 0.382 e. The van der Waals surface area contributed by atoms with Crippen LogP contribution in [0.1, 0.15) is 52.4 Å². The minimum Gasteiger partial charge on any atom is -0.382 e. The van der Waals surface area contributed by atoms with E-state index in [0.717, 1.165) is 25.2 Å². The van der Waals surface area contributed by atoms with Crippen molar-refractivity contribution in [2.24, 2.45) is 11.8 Å². The standard InChI is InChI=1S/C13H24O2/c1-10-5-4-6-12(9-10)13(14)8-7-11(2)15-3/h10-12H,4-9H2,1-3H3. The molecule has 1 aliphatic carbocycles.